The van der Waals surface area contributed by atoms with E-state index in [9.17, 15) is 9.59 Å². The van der Waals surface area contributed by atoms with Crippen LogP contribution in [0.3, 0.4) is 0 Å². The predicted octanol–water partition coefficient (Wildman–Crippen LogP) is 2.61. The molecule has 0 fully saturated rings. The van der Waals surface area contributed by atoms with Crippen molar-refractivity contribution in [3.8, 4) is 0 Å². The third-order valence-corrected chi connectivity index (χ3v) is 2.64. The van der Waals surface area contributed by atoms with Crippen molar-refractivity contribution in [3.63, 3.8) is 0 Å². The lowest BCUT2D eigenvalue weighted by Crippen LogP contribution is -2.09. The van der Waals surface area contributed by atoms with Crippen LogP contribution in [-0.2, 0) is 9.53 Å². The van der Waals surface area contributed by atoms with Gasteiger partial charge in [0.2, 0.25) is 5.78 Å². The summed E-state index contributed by atoms with van der Waals surface area (Å²) in [6.45, 7) is 0.340. The molecule has 1 aromatic carbocycles. The molecule has 1 aromatic heterocycles. The number of Topliss-reactive ketones (excluding diaryl/α,β-unsaturated/α-hetero) is 2. The number of furan rings is 1. The van der Waals surface area contributed by atoms with Crippen molar-refractivity contribution in [2.45, 2.75) is 12.8 Å². The lowest BCUT2D eigenvalue weighted by atomic mass is 10.1. The van der Waals surface area contributed by atoms with Crippen molar-refractivity contribution in [1.82, 2.24) is 0 Å². The molecule has 0 saturated heterocycles. The standard InChI is InChI=1S/C14H14O4/c1-17-7-6-11(15)9-12(16)14-8-10-4-2-3-5-13(10)18-14/h2-5,8H,6-7,9H2,1H3. The molecule has 4 nitrogen and oxygen atoms in total. The third-order valence-electron chi connectivity index (χ3n) is 2.64. The van der Waals surface area contributed by atoms with Gasteiger partial charge in [-0.05, 0) is 12.1 Å². The van der Waals surface area contributed by atoms with Gasteiger partial charge in [0.25, 0.3) is 0 Å². The zero-order valence-electron chi connectivity index (χ0n) is 10.1. The molecular weight excluding hydrogens is 232 g/mol. The fraction of sp³-hybridized carbons (Fsp3) is 0.286. The average molecular weight is 246 g/mol. The molecular formula is C14H14O4. The van der Waals surface area contributed by atoms with E-state index in [2.05, 4.69) is 0 Å². The van der Waals surface area contributed by atoms with E-state index in [1.54, 1.807) is 12.1 Å². The van der Waals surface area contributed by atoms with E-state index < -0.39 is 0 Å². The zero-order valence-corrected chi connectivity index (χ0v) is 10.1. The SMILES string of the molecule is COCCC(=O)CC(=O)c1cc2ccccc2o1. The fourth-order valence-corrected chi connectivity index (χ4v) is 1.69. The number of para-hydroxylation sites is 1. The molecule has 0 aliphatic rings. The highest BCUT2D eigenvalue weighted by Gasteiger charge is 2.15. The van der Waals surface area contributed by atoms with E-state index in [0.717, 1.165) is 5.39 Å². The monoisotopic (exact) mass is 246 g/mol. The number of hydrogen-bond donors (Lipinski definition) is 0. The van der Waals surface area contributed by atoms with Crippen LogP contribution in [0.15, 0.2) is 34.7 Å². The van der Waals surface area contributed by atoms with Gasteiger partial charge in [-0.15, -0.1) is 0 Å². The Labute approximate surface area is 105 Å². The molecule has 0 bridgehead atoms. The molecule has 0 aliphatic carbocycles. The average Bonchev–Trinajstić information content (AvgIpc) is 2.80. The van der Waals surface area contributed by atoms with E-state index in [-0.39, 0.29) is 30.2 Å². The van der Waals surface area contributed by atoms with Crippen LogP contribution in [-0.4, -0.2) is 25.3 Å². The third kappa shape index (κ3) is 2.84. The number of rotatable bonds is 6. The molecule has 2 aromatic rings. The van der Waals surface area contributed by atoms with Crippen LogP contribution in [0.2, 0.25) is 0 Å². The summed E-state index contributed by atoms with van der Waals surface area (Å²) in [6.07, 6.45) is 0.117. The van der Waals surface area contributed by atoms with Crippen LogP contribution >= 0.6 is 0 Å². The van der Waals surface area contributed by atoms with Crippen molar-refractivity contribution in [1.29, 1.82) is 0 Å². The molecule has 0 N–H and O–H groups in total. The fourth-order valence-electron chi connectivity index (χ4n) is 1.69. The van der Waals surface area contributed by atoms with Crippen LogP contribution in [0.4, 0.5) is 0 Å². The van der Waals surface area contributed by atoms with E-state index in [4.69, 9.17) is 9.15 Å². The van der Waals surface area contributed by atoms with Gasteiger partial charge in [0.1, 0.15) is 11.4 Å². The van der Waals surface area contributed by atoms with E-state index in [0.29, 0.717) is 12.2 Å². The Balaban J connectivity index is 2.06. The first-order valence-corrected chi connectivity index (χ1v) is 5.73. The molecule has 94 valence electrons. The van der Waals surface area contributed by atoms with Gasteiger partial charge in [0, 0.05) is 18.9 Å². The van der Waals surface area contributed by atoms with Crippen LogP contribution in [0.25, 0.3) is 11.0 Å². The van der Waals surface area contributed by atoms with Crippen molar-refractivity contribution >= 4 is 22.5 Å². The molecule has 0 atom stereocenters. The van der Waals surface area contributed by atoms with Crippen LogP contribution in [0.1, 0.15) is 23.4 Å². The Hall–Kier alpha value is -1.94. The second kappa shape index (κ2) is 5.60. The summed E-state index contributed by atoms with van der Waals surface area (Å²) in [5, 5.41) is 0.866. The summed E-state index contributed by atoms with van der Waals surface area (Å²) in [5.74, 6) is -0.184. The number of methoxy groups -OCH3 is 1. The van der Waals surface area contributed by atoms with Crippen molar-refractivity contribution in [2.24, 2.45) is 0 Å². The van der Waals surface area contributed by atoms with Crippen LogP contribution < -0.4 is 0 Å². The van der Waals surface area contributed by atoms with E-state index in [1.165, 1.54) is 7.11 Å². The summed E-state index contributed by atoms with van der Waals surface area (Å²) < 4.78 is 10.2. The zero-order chi connectivity index (χ0) is 13.0. The van der Waals surface area contributed by atoms with Gasteiger partial charge in [-0.2, -0.15) is 0 Å². The molecule has 0 saturated carbocycles. The number of carbonyl (C=O) groups is 2. The maximum atomic E-state index is 11.8. The Kier molecular flexibility index (Phi) is 3.89. The van der Waals surface area contributed by atoms with Gasteiger partial charge in [-0.25, -0.2) is 0 Å². The highest BCUT2D eigenvalue weighted by Crippen LogP contribution is 2.19. The van der Waals surface area contributed by atoms with Gasteiger partial charge < -0.3 is 9.15 Å². The summed E-state index contributed by atoms with van der Waals surface area (Å²) >= 11 is 0. The lowest BCUT2D eigenvalue weighted by Gasteiger charge is -1.97. The first-order chi connectivity index (χ1) is 8.70. The quantitative estimate of drug-likeness (QED) is 0.580. The normalized spacial score (nSPS) is 10.7. The van der Waals surface area contributed by atoms with Crippen LogP contribution in [0, 0.1) is 0 Å². The minimum atomic E-state index is -0.285. The predicted molar refractivity (Wildman–Crippen MR) is 66.7 cm³/mol. The molecule has 0 spiro atoms. The number of carbonyl (C=O) groups excluding carboxylic acids is 2. The second-order valence-electron chi connectivity index (χ2n) is 4.03. The Bertz CT molecular complexity index is 535. The number of hydrogen-bond acceptors (Lipinski definition) is 4. The molecule has 0 amide bonds. The molecule has 2 rings (SSSR count). The number of fused-ring (bicyclic) bond motifs is 1. The van der Waals surface area contributed by atoms with Crippen molar-refractivity contribution in [2.75, 3.05) is 13.7 Å². The Morgan fingerprint density at radius 3 is 2.78 bits per heavy atom. The van der Waals surface area contributed by atoms with Gasteiger partial charge in [0.05, 0.1) is 13.0 Å². The van der Waals surface area contributed by atoms with Crippen molar-refractivity contribution in [3.05, 3.63) is 36.1 Å². The molecule has 0 unspecified atom stereocenters. The highest BCUT2D eigenvalue weighted by molar-refractivity contribution is 6.08. The van der Waals surface area contributed by atoms with Gasteiger partial charge in [-0.1, -0.05) is 18.2 Å². The minimum absolute atomic E-state index is 0.136. The first-order valence-electron chi connectivity index (χ1n) is 5.73. The van der Waals surface area contributed by atoms with Gasteiger partial charge >= 0.3 is 0 Å². The number of ether oxygens (including phenoxy) is 1. The largest absolute Gasteiger partial charge is 0.453 e. The molecule has 0 radical (unpaired) electrons. The maximum absolute atomic E-state index is 11.8. The number of benzene rings is 1. The van der Waals surface area contributed by atoms with Gasteiger partial charge in [-0.3, -0.25) is 9.59 Å². The Morgan fingerprint density at radius 2 is 2.06 bits per heavy atom. The van der Waals surface area contributed by atoms with Crippen molar-refractivity contribution < 1.29 is 18.7 Å². The molecule has 18 heavy (non-hydrogen) atoms. The topological polar surface area (TPSA) is 56.5 Å². The van der Waals surface area contributed by atoms with Crippen LogP contribution in [0.5, 0.6) is 0 Å². The maximum Gasteiger partial charge on any atom is 0.205 e. The first kappa shape index (κ1) is 12.5. The molecule has 1 heterocycles. The minimum Gasteiger partial charge on any atom is -0.453 e. The molecule has 0 aliphatic heterocycles. The highest BCUT2D eigenvalue weighted by atomic mass is 16.5. The van der Waals surface area contributed by atoms with E-state index in [1.807, 2.05) is 18.2 Å². The van der Waals surface area contributed by atoms with E-state index >= 15 is 0 Å². The summed E-state index contributed by atoms with van der Waals surface area (Å²) in [4.78, 5) is 23.3. The lowest BCUT2D eigenvalue weighted by molar-refractivity contribution is -0.119. The summed E-state index contributed by atoms with van der Waals surface area (Å²) in [7, 11) is 1.52. The Morgan fingerprint density at radius 1 is 1.28 bits per heavy atom. The smallest absolute Gasteiger partial charge is 0.205 e. The van der Waals surface area contributed by atoms with Gasteiger partial charge in [0.15, 0.2) is 5.76 Å². The summed E-state index contributed by atoms with van der Waals surface area (Å²) in [6, 6.07) is 9.03. The number of ketones is 2. The molecule has 4 heteroatoms. The summed E-state index contributed by atoms with van der Waals surface area (Å²) in [5.41, 5.74) is 0.658. The second-order valence-corrected chi connectivity index (χ2v) is 4.03.